The summed E-state index contributed by atoms with van der Waals surface area (Å²) in [7, 11) is 8.06. The molecule has 92 valence electrons. The number of ether oxygens (including phenoxy) is 2. The fraction of sp³-hybridized carbons (Fsp3) is 0.364. The van der Waals surface area contributed by atoms with Crippen molar-refractivity contribution in [3.05, 3.63) is 23.3 Å². The van der Waals surface area contributed by atoms with E-state index in [0.29, 0.717) is 22.8 Å². The van der Waals surface area contributed by atoms with Crippen molar-refractivity contribution in [3.8, 4) is 5.75 Å². The lowest BCUT2D eigenvalue weighted by atomic mass is 9.99. The molecule has 0 spiro atoms. The molecule has 1 aliphatic heterocycles. The third kappa shape index (κ3) is 2.36. The lowest BCUT2D eigenvalue weighted by Gasteiger charge is -2.24. The Labute approximate surface area is 108 Å². The van der Waals surface area contributed by atoms with E-state index >= 15 is 0 Å². The topological polar surface area (TPSA) is 61.5 Å². The first-order chi connectivity index (χ1) is 8.17. The van der Waals surface area contributed by atoms with E-state index < -0.39 is 5.97 Å². The average Bonchev–Trinajstić information content (AvgIpc) is 2.37. The number of halogens is 1. The number of carbonyl (C=O) groups excluding carboxylic acids is 1. The highest BCUT2D eigenvalue weighted by Crippen LogP contribution is 2.37. The van der Waals surface area contributed by atoms with Gasteiger partial charge in [-0.2, -0.15) is 0 Å². The van der Waals surface area contributed by atoms with E-state index in [-0.39, 0.29) is 6.04 Å². The predicted molar refractivity (Wildman–Crippen MR) is 66.5 cm³/mol. The van der Waals surface area contributed by atoms with Crippen LogP contribution in [0, 0.1) is 0 Å². The van der Waals surface area contributed by atoms with Crippen molar-refractivity contribution in [2.24, 2.45) is 5.73 Å². The van der Waals surface area contributed by atoms with Gasteiger partial charge in [0.15, 0.2) is 0 Å². The molecule has 1 aromatic carbocycles. The number of hydrogen-bond acceptors (Lipinski definition) is 5. The van der Waals surface area contributed by atoms with Crippen LogP contribution in [0.2, 0.25) is 0 Å². The van der Waals surface area contributed by atoms with Crippen molar-refractivity contribution in [1.29, 1.82) is 0 Å². The Kier molecular flexibility index (Phi) is 3.81. The molecule has 1 atom stereocenters. The van der Waals surface area contributed by atoms with Gasteiger partial charge in [0.25, 0.3) is 0 Å². The molecule has 0 amide bonds. The molecule has 17 heavy (non-hydrogen) atoms. The zero-order chi connectivity index (χ0) is 12.4. The molecule has 0 fully saturated rings. The summed E-state index contributed by atoms with van der Waals surface area (Å²) in [5, 5.41) is 0. The second kappa shape index (κ2) is 5.16. The highest BCUT2D eigenvalue weighted by atomic mass is 35.7. The quantitative estimate of drug-likeness (QED) is 0.839. The molecule has 0 radical (unpaired) electrons. The van der Waals surface area contributed by atoms with E-state index in [1.807, 2.05) is 0 Å². The molecule has 0 aliphatic carbocycles. The summed E-state index contributed by atoms with van der Waals surface area (Å²) >= 11 is 0. The summed E-state index contributed by atoms with van der Waals surface area (Å²) in [5.74, 6) is 0.206. The third-order valence-electron chi connectivity index (χ3n) is 2.69. The first-order valence-corrected chi connectivity index (χ1v) is 6.75. The van der Waals surface area contributed by atoms with E-state index in [1.54, 1.807) is 12.1 Å². The SMILES string of the molecule is COC(=O)c1cc2c(cc1SCl)C(N)CCO2. The summed E-state index contributed by atoms with van der Waals surface area (Å²) in [4.78, 5) is 12.2. The Balaban J connectivity index is 2.51. The van der Waals surface area contributed by atoms with Gasteiger partial charge in [0.05, 0.1) is 19.3 Å². The summed E-state index contributed by atoms with van der Waals surface area (Å²) < 4.78 is 10.2. The fourth-order valence-electron chi connectivity index (χ4n) is 1.78. The van der Waals surface area contributed by atoms with E-state index in [0.717, 1.165) is 23.0 Å². The first-order valence-electron chi connectivity index (χ1n) is 5.10. The number of hydrogen-bond donors (Lipinski definition) is 1. The zero-order valence-corrected chi connectivity index (χ0v) is 10.8. The number of benzene rings is 1. The van der Waals surface area contributed by atoms with Crippen LogP contribution in [0.25, 0.3) is 0 Å². The zero-order valence-electron chi connectivity index (χ0n) is 9.23. The molecule has 1 unspecified atom stereocenters. The lowest BCUT2D eigenvalue weighted by Crippen LogP contribution is -2.21. The lowest BCUT2D eigenvalue weighted by molar-refractivity contribution is 0.0596. The third-order valence-corrected chi connectivity index (χ3v) is 3.69. The van der Waals surface area contributed by atoms with Crippen molar-refractivity contribution < 1.29 is 14.3 Å². The van der Waals surface area contributed by atoms with Gasteiger partial charge < -0.3 is 15.2 Å². The summed E-state index contributed by atoms with van der Waals surface area (Å²) in [5.41, 5.74) is 7.26. The number of esters is 1. The van der Waals surface area contributed by atoms with Crippen LogP contribution in [0.5, 0.6) is 5.75 Å². The van der Waals surface area contributed by atoms with Gasteiger partial charge in [-0.1, -0.05) is 0 Å². The van der Waals surface area contributed by atoms with Crippen LogP contribution < -0.4 is 10.5 Å². The van der Waals surface area contributed by atoms with E-state index in [1.165, 1.54) is 7.11 Å². The second-order valence-corrected chi connectivity index (χ2v) is 4.76. The van der Waals surface area contributed by atoms with Crippen LogP contribution in [0.15, 0.2) is 17.0 Å². The number of fused-ring (bicyclic) bond motifs is 1. The standard InChI is InChI=1S/C11H12ClNO3S/c1-15-11(14)7-4-9-6(5-10(7)17-12)8(13)2-3-16-9/h4-5,8H,2-3,13H2,1H3. The van der Waals surface area contributed by atoms with E-state index in [9.17, 15) is 4.79 Å². The van der Waals surface area contributed by atoms with Crippen molar-refractivity contribution >= 4 is 27.6 Å². The van der Waals surface area contributed by atoms with E-state index in [2.05, 4.69) is 0 Å². The Bertz CT molecular complexity index is 453. The molecular formula is C11H12ClNO3S. The molecule has 1 heterocycles. The van der Waals surface area contributed by atoms with Gasteiger partial charge in [0.1, 0.15) is 5.75 Å². The molecule has 4 nitrogen and oxygen atoms in total. The van der Waals surface area contributed by atoms with Crippen LogP contribution >= 0.6 is 21.7 Å². The number of methoxy groups -OCH3 is 1. The maximum atomic E-state index is 11.6. The smallest absolute Gasteiger partial charge is 0.339 e. The van der Waals surface area contributed by atoms with Crippen molar-refractivity contribution in [1.82, 2.24) is 0 Å². The minimum Gasteiger partial charge on any atom is -0.493 e. The molecular weight excluding hydrogens is 262 g/mol. The Hall–Kier alpha value is -0.910. The highest BCUT2D eigenvalue weighted by Gasteiger charge is 2.23. The average molecular weight is 274 g/mol. The van der Waals surface area contributed by atoms with Crippen LogP contribution in [0.3, 0.4) is 0 Å². The highest BCUT2D eigenvalue weighted by molar-refractivity contribution is 8.21. The van der Waals surface area contributed by atoms with Crippen LogP contribution in [-0.4, -0.2) is 19.7 Å². The normalized spacial score (nSPS) is 18.2. The molecule has 1 aromatic rings. The largest absolute Gasteiger partial charge is 0.493 e. The molecule has 0 bridgehead atoms. The van der Waals surface area contributed by atoms with Crippen molar-refractivity contribution in [2.75, 3.05) is 13.7 Å². The number of nitrogens with two attached hydrogens (primary N) is 1. The summed E-state index contributed by atoms with van der Waals surface area (Å²) in [6.07, 6.45) is 0.761. The van der Waals surface area contributed by atoms with Crippen LogP contribution in [0.1, 0.15) is 28.4 Å². The Morgan fingerprint density at radius 3 is 3.06 bits per heavy atom. The van der Waals surface area contributed by atoms with Gasteiger partial charge >= 0.3 is 5.97 Å². The van der Waals surface area contributed by atoms with Gasteiger partial charge in [0, 0.05) is 22.9 Å². The van der Waals surface area contributed by atoms with Gasteiger partial charge in [-0.15, -0.1) is 0 Å². The van der Waals surface area contributed by atoms with Crippen LogP contribution in [-0.2, 0) is 4.74 Å². The van der Waals surface area contributed by atoms with Crippen molar-refractivity contribution in [3.63, 3.8) is 0 Å². The number of carbonyl (C=O) groups is 1. The molecule has 0 saturated heterocycles. The minimum absolute atomic E-state index is 0.0759. The van der Waals surface area contributed by atoms with Crippen molar-refractivity contribution in [2.45, 2.75) is 17.4 Å². The van der Waals surface area contributed by atoms with E-state index in [4.69, 9.17) is 25.9 Å². The van der Waals surface area contributed by atoms with Crippen LogP contribution in [0.4, 0.5) is 0 Å². The number of rotatable bonds is 2. The molecule has 2 rings (SSSR count). The molecule has 1 aliphatic rings. The van der Waals surface area contributed by atoms with Gasteiger partial charge in [0.2, 0.25) is 0 Å². The summed E-state index contributed by atoms with van der Waals surface area (Å²) in [6, 6.07) is 3.36. The second-order valence-electron chi connectivity index (χ2n) is 3.70. The maximum Gasteiger partial charge on any atom is 0.339 e. The monoisotopic (exact) mass is 273 g/mol. The minimum atomic E-state index is -0.432. The first kappa shape index (κ1) is 12.5. The summed E-state index contributed by atoms with van der Waals surface area (Å²) in [6.45, 7) is 0.558. The molecule has 6 heteroatoms. The van der Waals surface area contributed by atoms with Gasteiger partial charge in [-0.3, -0.25) is 0 Å². The van der Waals surface area contributed by atoms with Gasteiger partial charge in [-0.25, -0.2) is 4.79 Å². The molecule has 2 N–H and O–H groups in total. The fourth-order valence-corrected chi connectivity index (χ4v) is 2.55. The van der Waals surface area contributed by atoms with Gasteiger partial charge in [-0.05, 0) is 33.8 Å². The predicted octanol–water partition coefficient (Wildman–Crippen LogP) is 2.50. The Morgan fingerprint density at radius 1 is 1.65 bits per heavy atom. The maximum absolute atomic E-state index is 11.6. The molecule has 0 saturated carbocycles. The Morgan fingerprint density at radius 2 is 2.41 bits per heavy atom. The molecule has 0 aromatic heterocycles.